The van der Waals surface area contributed by atoms with Crippen molar-refractivity contribution in [2.24, 2.45) is 5.73 Å². The molecule has 0 aliphatic rings. The fourth-order valence-electron chi connectivity index (χ4n) is 2.36. The number of hydrogen-bond donors (Lipinski definition) is 1. The Kier molecular flexibility index (Phi) is 8.95. The average molecular weight is 317 g/mol. The van der Waals surface area contributed by atoms with E-state index in [4.69, 9.17) is 15.2 Å². The minimum Gasteiger partial charge on any atom is -0.370 e. The molecule has 2 N–H and O–H groups in total. The van der Waals surface area contributed by atoms with Crippen LogP contribution < -0.4 is 5.73 Å². The van der Waals surface area contributed by atoms with Gasteiger partial charge in [-0.25, -0.2) is 0 Å². The summed E-state index contributed by atoms with van der Waals surface area (Å²) < 4.78 is 10.8. The van der Waals surface area contributed by atoms with E-state index >= 15 is 0 Å². The maximum atomic E-state index is 10.8. The van der Waals surface area contributed by atoms with Gasteiger partial charge in [-0.2, -0.15) is 0 Å². The number of nitrogens with two attached hydrogens (primary N) is 1. The van der Waals surface area contributed by atoms with Crippen LogP contribution in [-0.4, -0.2) is 19.8 Å². The van der Waals surface area contributed by atoms with Crippen LogP contribution in [0.4, 0.5) is 0 Å². The zero-order valence-corrected chi connectivity index (χ0v) is 14.1. The standard InChI is InChI=1S/C19H27NO3/c1-4-7-15(2)16-10-12-17(13-11-16)18(23-14-22-3)8-5-6-9-19(20)21/h4,7,10-13,18H,1,5-6,8-9,14H2,2-3H3,(H2,20,21)/b15-7+. The number of rotatable bonds is 11. The molecule has 1 unspecified atom stereocenters. The summed E-state index contributed by atoms with van der Waals surface area (Å²) in [5.41, 5.74) is 8.60. The first-order valence-electron chi connectivity index (χ1n) is 7.87. The first-order valence-corrected chi connectivity index (χ1v) is 7.87. The largest absolute Gasteiger partial charge is 0.370 e. The van der Waals surface area contributed by atoms with Gasteiger partial charge in [-0.15, -0.1) is 0 Å². The van der Waals surface area contributed by atoms with Crippen molar-refractivity contribution in [3.05, 3.63) is 54.1 Å². The zero-order valence-electron chi connectivity index (χ0n) is 14.1. The number of ether oxygens (including phenoxy) is 2. The number of benzene rings is 1. The predicted octanol–water partition coefficient (Wildman–Crippen LogP) is 3.98. The van der Waals surface area contributed by atoms with Crippen LogP contribution >= 0.6 is 0 Å². The molecule has 4 nitrogen and oxygen atoms in total. The van der Waals surface area contributed by atoms with Gasteiger partial charge in [0.05, 0.1) is 6.10 Å². The number of primary amides is 1. The lowest BCUT2D eigenvalue weighted by molar-refractivity contribution is -0.118. The Bertz CT molecular complexity index is 520. The molecule has 0 bridgehead atoms. The molecule has 0 aliphatic carbocycles. The summed E-state index contributed by atoms with van der Waals surface area (Å²) in [7, 11) is 1.61. The summed E-state index contributed by atoms with van der Waals surface area (Å²) in [6.45, 7) is 6.02. The molecule has 126 valence electrons. The Labute approximate surface area is 139 Å². The Hall–Kier alpha value is -1.91. The summed E-state index contributed by atoms with van der Waals surface area (Å²) in [5, 5.41) is 0. The number of unbranched alkanes of at least 4 members (excludes halogenated alkanes) is 1. The molecular weight excluding hydrogens is 290 g/mol. The van der Waals surface area contributed by atoms with Crippen molar-refractivity contribution in [3.63, 3.8) is 0 Å². The van der Waals surface area contributed by atoms with Gasteiger partial charge in [-0.1, -0.05) is 49.4 Å². The Morgan fingerprint density at radius 1 is 1.30 bits per heavy atom. The maximum absolute atomic E-state index is 10.8. The van der Waals surface area contributed by atoms with Gasteiger partial charge in [0.1, 0.15) is 6.79 Å². The van der Waals surface area contributed by atoms with Crippen LogP contribution in [0, 0.1) is 0 Å². The monoisotopic (exact) mass is 317 g/mol. The third-order valence-corrected chi connectivity index (χ3v) is 3.63. The molecule has 0 radical (unpaired) electrons. The lowest BCUT2D eigenvalue weighted by Crippen LogP contribution is -2.11. The molecule has 1 atom stereocenters. The van der Waals surface area contributed by atoms with Gasteiger partial charge < -0.3 is 15.2 Å². The van der Waals surface area contributed by atoms with Crippen molar-refractivity contribution < 1.29 is 14.3 Å². The van der Waals surface area contributed by atoms with E-state index in [0.717, 1.165) is 30.4 Å². The quantitative estimate of drug-likeness (QED) is 0.381. The molecule has 0 aromatic heterocycles. The van der Waals surface area contributed by atoms with Crippen molar-refractivity contribution in [3.8, 4) is 0 Å². The van der Waals surface area contributed by atoms with Crippen molar-refractivity contribution >= 4 is 11.5 Å². The first kappa shape index (κ1) is 19.1. The summed E-state index contributed by atoms with van der Waals surface area (Å²) >= 11 is 0. The maximum Gasteiger partial charge on any atom is 0.217 e. The van der Waals surface area contributed by atoms with Crippen molar-refractivity contribution in [1.29, 1.82) is 0 Å². The number of carbonyl (C=O) groups excluding carboxylic acids is 1. The lowest BCUT2D eigenvalue weighted by atomic mass is 9.99. The first-order chi connectivity index (χ1) is 11.1. The molecule has 1 rings (SSSR count). The molecule has 4 heteroatoms. The van der Waals surface area contributed by atoms with E-state index in [9.17, 15) is 4.79 Å². The van der Waals surface area contributed by atoms with Crippen molar-refractivity contribution in [2.45, 2.75) is 38.7 Å². The molecular formula is C19H27NO3. The van der Waals surface area contributed by atoms with Crippen LogP contribution in [-0.2, 0) is 14.3 Å². The van der Waals surface area contributed by atoms with E-state index in [-0.39, 0.29) is 18.8 Å². The third kappa shape index (κ3) is 7.26. The van der Waals surface area contributed by atoms with Crippen LogP contribution in [0.2, 0.25) is 0 Å². The summed E-state index contributed by atoms with van der Waals surface area (Å²) in [6, 6.07) is 8.31. The van der Waals surface area contributed by atoms with E-state index in [0.29, 0.717) is 6.42 Å². The molecule has 1 amide bonds. The Morgan fingerprint density at radius 3 is 2.57 bits per heavy atom. The van der Waals surface area contributed by atoms with Crippen LogP contribution in [0.3, 0.4) is 0 Å². The summed E-state index contributed by atoms with van der Waals surface area (Å²) in [5.74, 6) is -0.256. The SMILES string of the molecule is C=C/C=C(\C)c1ccc(C(CCCCC(N)=O)OCOC)cc1. The minimum atomic E-state index is -0.256. The topological polar surface area (TPSA) is 61.6 Å². The predicted molar refractivity (Wildman–Crippen MR) is 93.7 cm³/mol. The molecule has 1 aromatic carbocycles. The fraction of sp³-hybridized carbons (Fsp3) is 0.421. The highest BCUT2D eigenvalue weighted by molar-refractivity contribution is 5.73. The third-order valence-electron chi connectivity index (χ3n) is 3.63. The average Bonchev–Trinajstić information content (AvgIpc) is 2.54. The van der Waals surface area contributed by atoms with Gasteiger partial charge in [0.25, 0.3) is 0 Å². The highest BCUT2D eigenvalue weighted by Crippen LogP contribution is 2.25. The minimum absolute atomic E-state index is 0.0411. The number of allylic oxidation sites excluding steroid dienone is 3. The van der Waals surface area contributed by atoms with Crippen LogP contribution in [0.25, 0.3) is 5.57 Å². The second-order valence-electron chi connectivity index (χ2n) is 5.48. The van der Waals surface area contributed by atoms with Gasteiger partial charge >= 0.3 is 0 Å². The normalized spacial score (nSPS) is 12.9. The summed E-state index contributed by atoms with van der Waals surface area (Å²) in [4.78, 5) is 10.8. The highest BCUT2D eigenvalue weighted by Gasteiger charge is 2.12. The number of carbonyl (C=O) groups is 1. The molecule has 0 saturated heterocycles. The van der Waals surface area contributed by atoms with Gasteiger partial charge in [0.2, 0.25) is 5.91 Å². The van der Waals surface area contributed by atoms with Gasteiger partial charge in [0.15, 0.2) is 0 Å². The number of methoxy groups -OCH3 is 1. The highest BCUT2D eigenvalue weighted by atomic mass is 16.7. The van der Waals surface area contributed by atoms with Crippen LogP contribution in [0.1, 0.15) is 49.8 Å². The zero-order chi connectivity index (χ0) is 17.1. The molecule has 0 heterocycles. The molecule has 1 aromatic rings. The molecule has 0 spiro atoms. The van der Waals surface area contributed by atoms with Crippen LogP contribution in [0.15, 0.2) is 43.0 Å². The van der Waals surface area contributed by atoms with Crippen molar-refractivity contribution in [1.82, 2.24) is 0 Å². The van der Waals surface area contributed by atoms with E-state index in [1.165, 1.54) is 5.57 Å². The number of hydrogen-bond acceptors (Lipinski definition) is 3. The Balaban J connectivity index is 2.71. The van der Waals surface area contributed by atoms with Crippen molar-refractivity contribution in [2.75, 3.05) is 13.9 Å². The second kappa shape index (κ2) is 10.8. The second-order valence-corrected chi connectivity index (χ2v) is 5.48. The van der Waals surface area contributed by atoms with Gasteiger partial charge in [-0.05, 0) is 36.5 Å². The van der Waals surface area contributed by atoms with E-state index in [1.807, 2.05) is 6.08 Å². The fourth-order valence-corrected chi connectivity index (χ4v) is 2.36. The molecule has 0 fully saturated rings. The lowest BCUT2D eigenvalue weighted by Gasteiger charge is -2.18. The van der Waals surface area contributed by atoms with E-state index < -0.39 is 0 Å². The Morgan fingerprint density at radius 2 is 2.00 bits per heavy atom. The van der Waals surface area contributed by atoms with Gasteiger partial charge in [-0.3, -0.25) is 4.79 Å². The summed E-state index contributed by atoms with van der Waals surface area (Å²) in [6.07, 6.45) is 6.64. The van der Waals surface area contributed by atoms with E-state index in [1.54, 1.807) is 13.2 Å². The van der Waals surface area contributed by atoms with Gasteiger partial charge in [0, 0.05) is 13.5 Å². The molecule has 0 saturated carbocycles. The molecule has 0 aliphatic heterocycles. The molecule has 23 heavy (non-hydrogen) atoms. The smallest absolute Gasteiger partial charge is 0.217 e. The van der Waals surface area contributed by atoms with E-state index in [2.05, 4.69) is 37.8 Å². The van der Waals surface area contributed by atoms with Crippen LogP contribution in [0.5, 0.6) is 0 Å². The number of amides is 1.